The van der Waals surface area contributed by atoms with Crippen LogP contribution in [0.4, 0.5) is 0 Å². The van der Waals surface area contributed by atoms with E-state index in [1.165, 1.54) is 0 Å². The first-order chi connectivity index (χ1) is 13.5. The maximum atomic E-state index is 13.1. The highest BCUT2D eigenvalue weighted by atomic mass is 32.2. The number of sulfonamides is 1. The Hall–Kier alpha value is -2.22. The number of benzene rings is 2. The fourth-order valence-corrected chi connectivity index (χ4v) is 5.38. The van der Waals surface area contributed by atoms with Crippen LogP contribution >= 0.6 is 0 Å². The maximum absolute atomic E-state index is 13.1. The van der Waals surface area contributed by atoms with Crippen molar-refractivity contribution in [3.8, 4) is 0 Å². The number of hydrogen-bond acceptors (Lipinski definition) is 5. The molecule has 148 valence electrons. The molecule has 6 nitrogen and oxygen atoms in total. The summed E-state index contributed by atoms with van der Waals surface area (Å²) in [6.45, 7) is 6.86. The molecule has 0 radical (unpaired) electrons. The van der Waals surface area contributed by atoms with Crippen molar-refractivity contribution in [3.05, 3.63) is 59.5 Å². The zero-order chi connectivity index (χ0) is 19.7. The van der Waals surface area contributed by atoms with Gasteiger partial charge in [-0.3, -0.25) is 4.90 Å². The van der Waals surface area contributed by atoms with Crippen LogP contribution in [0.3, 0.4) is 0 Å². The Balaban J connectivity index is 1.43. The Morgan fingerprint density at radius 3 is 2.57 bits per heavy atom. The quantitative estimate of drug-likeness (QED) is 0.659. The molecule has 3 aromatic rings. The lowest BCUT2D eigenvalue weighted by molar-refractivity contribution is 0.169. The minimum atomic E-state index is -3.46. The van der Waals surface area contributed by atoms with Gasteiger partial charge in [-0.2, -0.15) is 4.31 Å². The number of piperazine rings is 1. The van der Waals surface area contributed by atoms with Crippen LogP contribution in [-0.2, 0) is 23.0 Å². The van der Waals surface area contributed by atoms with Crippen molar-refractivity contribution in [2.45, 2.75) is 31.7 Å². The van der Waals surface area contributed by atoms with Gasteiger partial charge < -0.3 is 4.42 Å². The third-order valence-corrected chi connectivity index (χ3v) is 7.25. The van der Waals surface area contributed by atoms with Gasteiger partial charge >= 0.3 is 0 Å². The molecule has 1 aliphatic heterocycles. The predicted molar refractivity (Wildman–Crippen MR) is 109 cm³/mol. The van der Waals surface area contributed by atoms with Gasteiger partial charge in [0.1, 0.15) is 5.52 Å². The summed E-state index contributed by atoms with van der Waals surface area (Å²) in [6.07, 6.45) is 0.701. The number of aromatic nitrogens is 1. The van der Waals surface area contributed by atoms with Gasteiger partial charge in [-0.1, -0.05) is 31.2 Å². The average Bonchev–Trinajstić information content (AvgIpc) is 3.09. The molecule has 0 bridgehead atoms. The van der Waals surface area contributed by atoms with Crippen LogP contribution in [0.15, 0.2) is 51.8 Å². The molecule has 0 unspecified atom stereocenters. The molecule has 1 aromatic heterocycles. The van der Waals surface area contributed by atoms with Crippen LogP contribution in [0.25, 0.3) is 11.1 Å². The minimum Gasteiger partial charge on any atom is -0.439 e. The van der Waals surface area contributed by atoms with E-state index >= 15 is 0 Å². The summed E-state index contributed by atoms with van der Waals surface area (Å²) < 4.78 is 33.5. The number of hydrogen-bond donors (Lipinski definition) is 0. The molecule has 1 fully saturated rings. The number of rotatable bonds is 5. The number of nitrogens with zero attached hydrogens (tertiary/aromatic N) is 3. The van der Waals surface area contributed by atoms with Gasteiger partial charge in [0.05, 0.1) is 11.4 Å². The van der Waals surface area contributed by atoms with Crippen molar-refractivity contribution in [1.82, 2.24) is 14.2 Å². The lowest BCUT2D eigenvalue weighted by Crippen LogP contribution is -2.48. The molecule has 2 aromatic carbocycles. The second-order valence-electron chi connectivity index (χ2n) is 7.22. The maximum Gasteiger partial charge on any atom is 0.243 e. The zero-order valence-electron chi connectivity index (χ0n) is 16.3. The third-order valence-electron chi connectivity index (χ3n) is 5.25. The summed E-state index contributed by atoms with van der Waals surface area (Å²) in [7, 11) is -3.46. The van der Waals surface area contributed by atoms with Gasteiger partial charge in [-0.05, 0) is 42.7 Å². The highest BCUT2D eigenvalue weighted by molar-refractivity contribution is 7.89. The molecular weight excluding hydrogens is 374 g/mol. The van der Waals surface area contributed by atoms with E-state index in [-0.39, 0.29) is 0 Å². The number of aryl methyl sites for hydroxylation is 2. The second kappa shape index (κ2) is 7.66. The lowest BCUT2D eigenvalue weighted by Gasteiger charge is -2.33. The molecule has 2 heterocycles. The Morgan fingerprint density at radius 2 is 1.82 bits per heavy atom. The topological polar surface area (TPSA) is 66.7 Å². The monoisotopic (exact) mass is 399 g/mol. The summed E-state index contributed by atoms with van der Waals surface area (Å²) in [5, 5.41) is 0. The Kier molecular flexibility index (Phi) is 5.23. The molecule has 0 spiro atoms. The van der Waals surface area contributed by atoms with Gasteiger partial charge in [0.2, 0.25) is 15.9 Å². The minimum absolute atomic E-state index is 0.431. The highest BCUT2D eigenvalue weighted by Crippen LogP contribution is 2.23. The average molecular weight is 400 g/mol. The van der Waals surface area contributed by atoms with Crippen molar-refractivity contribution >= 4 is 21.1 Å². The van der Waals surface area contributed by atoms with E-state index in [4.69, 9.17) is 4.42 Å². The molecule has 28 heavy (non-hydrogen) atoms. The normalized spacial score (nSPS) is 16.6. The van der Waals surface area contributed by atoms with Crippen molar-refractivity contribution in [2.24, 2.45) is 0 Å². The number of oxazole rings is 1. The van der Waals surface area contributed by atoms with E-state index in [0.29, 0.717) is 49.9 Å². The fourth-order valence-electron chi connectivity index (χ4n) is 3.66. The van der Waals surface area contributed by atoms with Crippen LogP contribution in [0.1, 0.15) is 23.9 Å². The Morgan fingerprint density at radius 1 is 1.07 bits per heavy atom. The van der Waals surface area contributed by atoms with E-state index in [1.54, 1.807) is 16.4 Å². The fraction of sp³-hybridized carbons (Fsp3) is 0.381. The van der Waals surface area contributed by atoms with E-state index in [0.717, 1.165) is 22.2 Å². The van der Waals surface area contributed by atoms with Crippen LogP contribution in [0, 0.1) is 6.92 Å². The molecule has 0 amide bonds. The van der Waals surface area contributed by atoms with Crippen LogP contribution in [-0.4, -0.2) is 48.8 Å². The van der Waals surface area contributed by atoms with Crippen molar-refractivity contribution in [1.29, 1.82) is 0 Å². The van der Waals surface area contributed by atoms with E-state index in [9.17, 15) is 8.42 Å². The van der Waals surface area contributed by atoms with Gasteiger partial charge in [-0.25, -0.2) is 13.4 Å². The molecule has 1 aliphatic rings. The van der Waals surface area contributed by atoms with Crippen molar-refractivity contribution < 1.29 is 12.8 Å². The smallest absolute Gasteiger partial charge is 0.243 e. The molecule has 1 saturated heterocycles. The Bertz CT molecular complexity index is 1080. The largest absolute Gasteiger partial charge is 0.439 e. The van der Waals surface area contributed by atoms with E-state index in [2.05, 4.69) is 9.88 Å². The molecule has 0 N–H and O–H groups in total. The molecule has 7 heteroatoms. The molecule has 0 aliphatic carbocycles. The van der Waals surface area contributed by atoms with E-state index in [1.807, 2.05) is 44.2 Å². The van der Waals surface area contributed by atoms with E-state index < -0.39 is 10.0 Å². The molecule has 4 rings (SSSR count). The molecular formula is C21H25N3O3S. The highest BCUT2D eigenvalue weighted by Gasteiger charge is 2.30. The molecule has 0 atom stereocenters. The summed E-state index contributed by atoms with van der Waals surface area (Å²) >= 11 is 0. The van der Waals surface area contributed by atoms with Crippen molar-refractivity contribution in [2.75, 3.05) is 26.2 Å². The second-order valence-corrected chi connectivity index (χ2v) is 9.13. The van der Waals surface area contributed by atoms with Crippen LogP contribution in [0.2, 0.25) is 0 Å². The summed E-state index contributed by atoms with van der Waals surface area (Å²) in [6, 6.07) is 13.2. The standard InChI is InChI=1S/C21H25N3O3S/c1-3-17-6-4-5-7-20(17)28(25,26)24-12-10-23(11-13-24)15-21-22-18-14-16(2)8-9-19(18)27-21/h4-9,14H,3,10-13,15H2,1-2H3. The Labute approximate surface area is 165 Å². The van der Waals surface area contributed by atoms with Gasteiger partial charge in [0.25, 0.3) is 0 Å². The van der Waals surface area contributed by atoms with Crippen LogP contribution < -0.4 is 0 Å². The first-order valence-electron chi connectivity index (χ1n) is 9.64. The first-order valence-corrected chi connectivity index (χ1v) is 11.1. The predicted octanol–water partition coefficient (Wildman–Crippen LogP) is 3.21. The van der Waals surface area contributed by atoms with Gasteiger partial charge in [0, 0.05) is 26.2 Å². The summed E-state index contributed by atoms with van der Waals surface area (Å²) in [4.78, 5) is 7.19. The SMILES string of the molecule is CCc1ccccc1S(=O)(=O)N1CCN(Cc2nc3cc(C)ccc3o2)CC1. The van der Waals surface area contributed by atoms with Gasteiger partial charge in [-0.15, -0.1) is 0 Å². The summed E-state index contributed by atoms with van der Waals surface area (Å²) in [5.41, 5.74) is 3.68. The lowest BCUT2D eigenvalue weighted by atomic mass is 10.2. The third kappa shape index (κ3) is 3.70. The van der Waals surface area contributed by atoms with Crippen LogP contribution in [0.5, 0.6) is 0 Å². The summed E-state index contributed by atoms with van der Waals surface area (Å²) in [5.74, 6) is 0.674. The van der Waals surface area contributed by atoms with Crippen molar-refractivity contribution in [3.63, 3.8) is 0 Å². The number of fused-ring (bicyclic) bond motifs is 1. The zero-order valence-corrected chi connectivity index (χ0v) is 17.1. The molecule has 0 saturated carbocycles. The van der Waals surface area contributed by atoms with Gasteiger partial charge in [0.15, 0.2) is 5.58 Å². The first kappa shape index (κ1) is 19.1.